The van der Waals surface area contributed by atoms with Gasteiger partial charge in [-0.15, -0.1) is 0 Å². The highest BCUT2D eigenvalue weighted by Gasteiger charge is 2.55. The van der Waals surface area contributed by atoms with Gasteiger partial charge in [-0.2, -0.15) is 0 Å². The molecule has 0 bridgehead atoms. The maximum Gasteiger partial charge on any atom is 0.260 e. The summed E-state index contributed by atoms with van der Waals surface area (Å²) in [5.41, 5.74) is 0.679. The normalized spacial score (nSPS) is 22.9. The summed E-state index contributed by atoms with van der Waals surface area (Å²) < 4.78 is 0. The van der Waals surface area contributed by atoms with Crippen LogP contribution in [0.5, 0.6) is 0 Å². The smallest absolute Gasteiger partial charge is 0.260 e. The number of carbonyl (C=O) groups excluding carboxylic acids is 2. The molecule has 1 aliphatic carbocycles. The molecule has 21 heavy (non-hydrogen) atoms. The van der Waals surface area contributed by atoms with Gasteiger partial charge in [-0.3, -0.25) is 14.4 Å². The van der Waals surface area contributed by atoms with Gasteiger partial charge in [-0.05, 0) is 43.7 Å². The van der Waals surface area contributed by atoms with E-state index in [1.165, 1.54) is 0 Å². The van der Waals surface area contributed by atoms with Gasteiger partial charge in [-0.1, -0.05) is 0 Å². The Kier molecular flexibility index (Phi) is 3.31. The summed E-state index contributed by atoms with van der Waals surface area (Å²) in [5, 5.41) is 2.96. The molecule has 2 fully saturated rings. The van der Waals surface area contributed by atoms with E-state index >= 15 is 0 Å². The standard InChI is InChI=1S/C15H19N3O3/c1-10-2-3-11(13(20)16-10)14(21)17-12-8-15(12)4-6-18(9-19)7-5-15/h2-3,9,12H,4-8H2,1H3,(H,16,20)(H,17,21)/t12-/m0/s1. The van der Waals surface area contributed by atoms with Crippen molar-refractivity contribution in [1.29, 1.82) is 0 Å². The Bertz CT molecular complexity index is 629. The Labute approximate surface area is 122 Å². The van der Waals surface area contributed by atoms with Crippen molar-refractivity contribution in [3.8, 4) is 0 Å². The van der Waals surface area contributed by atoms with Crippen LogP contribution in [0.15, 0.2) is 16.9 Å². The van der Waals surface area contributed by atoms with E-state index < -0.39 is 0 Å². The molecule has 2 amide bonds. The molecule has 112 valence electrons. The predicted octanol–water partition coefficient (Wildman–Crippen LogP) is 0.424. The Balaban J connectivity index is 1.62. The van der Waals surface area contributed by atoms with Crippen molar-refractivity contribution < 1.29 is 9.59 Å². The number of rotatable bonds is 3. The molecule has 1 aliphatic heterocycles. The van der Waals surface area contributed by atoms with Crippen LogP contribution in [0.2, 0.25) is 0 Å². The number of hydrogen-bond acceptors (Lipinski definition) is 3. The number of amides is 2. The van der Waals surface area contributed by atoms with Gasteiger partial charge in [0.1, 0.15) is 5.56 Å². The largest absolute Gasteiger partial charge is 0.349 e. The number of H-pyrrole nitrogens is 1. The highest BCUT2D eigenvalue weighted by Crippen LogP contribution is 2.53. The molecule has 6 nitrogen and oxygen atoms in total. The summed E-state index contributed by atoms with van der Waals surface area (Å²) in [7, 11) is 0. The Morgan fingerprint density at radius 1 is 1.43 bits per heavy atom. The lowest BCUT2D eigenvalue weighted by Crippen LogP contribution is -2.39. The van der Waals surface area contributed by atoms with E-state index in [9.17, 15) is 14.4 Å². The minimum Gasteiger partial charge on any atom is -0.349 e. The second kappa shape index (κ2) is 5.02. The number of nitrogens with zero attached hydrogens (tertiary/aromatic N) is 1. The summed E-state index contributed by atoms with van der Waals surface area (Å²) >= 11 is 0. The third-order valence-electron chi connectivity index (χ3n) is 4.74. The molecule has 0 aromatic carbocycles. The van der Waals surface area contributed by atoms with Crippen LogP contribution in [0.3, 0.4) is 0 Å². The second-order valence-electron chi connectivity index (χ2n) is 6.12. The SMILES string of the molecule is Cc1ccc(C(=O)N[C@H]2CC23CCN(C=O)CC3)c(=O)[nH]1. The van der Waals surface area contributed by atoms with Crippen LogP contribution in [0.1, 0.15) is 35.3 Å². The first-order valence-corrected chi connectivity index (χ1v) is 7.24. The summed E-state index contributed by atoms with van der Waals surface area (Å²) in [6.07, 6.45) is 3.66. The highest BCUT2D eigenvalue weighted by atomic mass is 16.2. The fraction of sp³-hybridized carbons (Fsp3) is 0.533. The second-order valence-corrected chi connectivity index (χ2v) is 6.12. The first kappa shape index (κ1) is 13.9. The van der Waals surface area contributed by atoms with Crippen molar-refractivity contribution in [2.24, 2.45) is 5.41 Å². The van der Waals surface area contributed by atoms with Crippen molar-refractivity contribution in [2.45, 2.75) is 32.2 Å². The van der Waals surface area contributed by atoms with Gasteiger partial charge in [0.15, 0.2) is 0 Å². The van der Waals surface area contributed by atoms with Gasteiger partial charge in [0.05, 0.1) is 0 Å². The number of aromatic amines is 1. The van der Waals surface area contributed by atoms with Crippen molar-refractivity contribution in [2.75, 3.05) is 13.1 Å². The predicted molar refractivity (Wildman–Crippen MR) is 77.0 cm³/mol. The third kappa shape index (κ3) is 2.57. The first-order valence-electron chi connectivity index (χ1n) is 7.24. The number of piperidine rings is 1. The molecule has 2 heterocycles. The van der Waals surface area contributed by atoms with Crippen LogP contribution in [0.25, 0.3) is 0 Å². The molecule has 1 saturated heterocycles. The molecule has 2 aliphatic rings. The summed E-state index contributed by atoms with van der Waals surface area (Å²) in [4.78, 5) is 39.1. The summed E-state index contributed by atoms with van der Waals surface area (Å²) in [6, 6.07) is 3.41. The van der Waals surface area contributed by atoms with E-state index in [-0.39, 0.29) is 28.5 Å². The maximum absolute atomic E-state index is 12.2. The van der Waals surface area contributed by atoms with Crippen LogP contribution in [0.4, 0.5) is 0 Å². The molecular weight excluding hydrogens is 270 g/mol. The number of carbonyl (C=O) groups is 2. The number of hydrogen-bond donors (Lipinski definition) is 2. The Morgan fingerprint density at radius 2 is 2.14 bits per heavy atom. The van der Waals surface area contributed by atoms with Crippen molar-refractivity contribution >= 4 is 12.3 Å². The van der Waals surface area contributed by atoms with E-state index in [2.05, 4.69) is 10.3 Å². The summed E-state index contributed by atoms with van der Waals surface area (Å²) in [5.74, 6) is -0.309. The minimum absolute atomic E-state index is 0.125. The lowest BCUT2D eigenvalue weighted by atomic mass is 9.93. The zero-order chi connectivity index (χ0) is 15.0. The van der Waals surface area contributed by atoms with Crippen molar-refractivity contribution in [3.05, 3.63) is 33.7 Å². The van der Waals surface area contributed by atoms with Gasteiger partial charge in [0.2, 0.25) is 6.41 Å². The molecule has 6 heteroatoms. The van der Waals surface area contributed by atoms with Crippen molar-refractivity contribution in [3.63, 3.8) is 0 Å². The van der Waals surface area contributed by atoms with Crippen LogP contribution in [-0.2, 0) is 4.79 Å². The number of aryl methyl sites for hydroxylation is 1. The molecule has 1 saturated carbocycles. The van der Waals surface area contributed by atoms with Gasteiger partial charge in [-0.25, -0.2) is 0 Å². The maximum atomic E-state index is 12.2. The zero-order valence-corrected chi connectivity index (χ0v) is 12.0. The van der Waals surface area contributed by atoms with Crippen molar-refractivity contribution in [1.82, 2.24) is 15.2 Å². The molecule has 1 aromatic heterocycles. The lowest BCUT2D eigenvalue weighted by molar-refractivity contribution is -0.119. The van der Waals surface area contributed by atoms with Crippen LogP contribution >= 0.6 is 0 Å². The van der Waals surface area contributed by atoms with E-state index in [0.717, 1.165) is 44.5 Å². The number of aromatic nitrogens is 1. The van der Waals surface area contributed by atoms with E-state index in [4.69, 9.17) is 0 Å². The van der Waals surface area contributed by atoms with E-state index in [1.54, 1.807) is 24.0 Å². The van der Waals surface area contributed by atoms with Gasteiger partial charge in [0.25, 0.3) is 11.5 Å². The van der Waals surface area contributed by atoms with Gasteiger partial charge in [0, 0.05) is 24.8 Å². The lowest BCUT2D eigenvalue weighted by Gasteiger charge is -2.30. The van der Waals surface area contributed by atoms with Crippen LogP contribution < -0.4 is 10.9 Å². The Morgan fingerprint density at radius 3 is 2.76 bits per heavy atom. The average molecular weight is 289 g/mol. The number of pyridine rings is 1. The first-order chi connectivity index (χ1) is 10.0. The summed E-state index contributed by atoms with van der Waals surface area (Å²) in [6.45, 7) is 3.28. The molecule has 0 unspecified atom stereocenters. The Hall–Kier alpha value is -2.11. The van der Waals surface area contributed by atoms with Gasteiger partial charge >= 0.3 is 0 Å². The minimum atomic E-state index is -0.349. The monoisotopic (exact) mass is 289 g/mol. The quantitative estimate of drug-likeness (QED) is 0.791. The topological polar surface area (TPSA) is 82.3 Å². The van der Waals surface area contributed by atoms with E-state index in [0.29, 0.717) is 0 Å². The average Bonchev–Trinajstić information content (AvgIpc) is 3.11. The molecular formula is C15H19N3O3. The number of likely N-dealkylation sites (tertiary alicyclic amines) is 1. The third-order valence-corrected chi connectivity index (χ3v) is 4.74. The zero-order valence-electron chi connectivity index (χ0n) is 12.0. The number of nitrogens with one attached hydrogen (secondary N) is 2. The molecule has 1 atom stereocenters. The molecule has 0 radical (unpaired) electrons. The van der Waals surface area contributed by atoms with Gasteiger partial charge < -0.3 is 15.2 Å². The molecule has 1 spiro atoms. The molecule has 2 N–H and O–H groups in total. The van der Waals surface area contributed by atoms with Crippen LogP contribution in [0, 0.1) is 12.3 Å². The fourth-order valence-electron chi connectivity index (χ4n) is 3.17. The highest BCUT2D eigenvalue weighted by molar-refractivity contribution is 5.94. The molecule has 1 aromatic rings. The van der Waals surface area contributed by atoms with E-state index in [1.807, 2.05) is 0 Å². The fourth-order valence-corrected chi connectivity index (χ4v) is 3.17. The molecule has 3 rings (SSSR count). The van der Waals surface area contributed by atoms with Crippen LogP contribution in [-0.4, -0.2) is 41.3 Å².